The number of hydrogen-bond acceptors (Lipinski definition) is 1. The van der Waals surface area contributed by atoms with E-state index in [9.17, 15) is 0 Å². The zero-order valence-corrected chi connectivity index (χ0v) is 11.1. The van der Waals surface area contributed by atoms with E-state index in [4.69, 9.17) is 5.73 Å². The van der Waals surface area contributed by atoms with E-state index in [1.165, 1.54) is 27.4 Å². The van der Waals surface area contributed by atoms with Gasteiger partial charge in [0.25, 0.3) is 0 Å². The van der Waals surface area contributed by atoms with Crippen molar-refractivity contribution in [3.8, 4) is 0 Å². The van der Waals surface area contributed by atoms with Crippen molar-refractivity contribution in [2.75, 3.05) is 5.73 Å². The first-order valence-electron chi connectivity index (χ1n) is 6.39. The summed E-state index contributed by atoms with van der Waals surface area (Å²) in [5.74, 6) is 0. The number of hydrogen-bond donors (Lipinski definition) is 1. The third-order valence-corrected chi connectivity index (χ3v) is 3.69. The third kappa shape index (κ3) is 1.35. The number of benzene rings is 2. The van der Waals surface area contributed by atoms with Crippen LogP contribution in [0.4, 0.5) is 5.69 Å². The SMILES string of the molecule is Cc1c(N)ccc2c1c1ccccc1n2C(C)C. The number of para-hydroxylation sites is 1. The Morgan fingerprint density at radius 3 is 2.44 bits per heavy atom. The summed E-state index contributed by atoms with van der Waals surface area (Å²) >= 11 is 0. The second-order valence-electron chi connectivity index (χ2n) is 5.15. The van der Waals surface area contributed by atoms with Crippen LogP contribution in [0.3, 0.4) is 0 Å². The molecule has 2 nitrogen and oxygen atoms in total. The van der Waals surface area contributed by atoms with Crippen LogP contribution in [-0.2, 0) is 0 Å². The molecule has 92 valence electrons. The normalized spacial score (nSPS) is 11.8. The Bertz CT molecular complexity index is 736. The Morgan fingerprint density at radius 1 is 1.00 bits per heavy atom. The number of fused-ring (bicyclic) bond motifs is 3. The van der Waals surface area contributed by atoms with Gasteiger partial charge in [-0.15, -0.1) is 0 Å². The molecule has 0 bridgehead atoms. The van der Waals surface area contributed by atoms with E-state index in [2.05, 4.69) is 55.7 Å². The standard InChI is InChI=1S/C16H18N2/c1-10(2)18-14-7-5-4-6-12(14)16-11(3)13(17)8-9-15(16)18/h4-10H,17H2,1-3H3. The Hall–Kier alpha value is -1.96. The largest absolute Gasteiger partial charge is 0.398 e. The highest BCUT2D eigenvalue weighted by Gasteiger charge is 2.14. The van der Waals surface area contributed by atoms with Crippen molar-refractivity contribution >= 4 is 27.5 Å². The molecule has 0 aliphatic carbocycles. The molecule has 0 spiro atoms. The lowest BCUT2D eigenvalue weighted by molar-refractivity contribution is 0.642. The van der Waals surface area contributed by atoms with Crippen molar-refractivity contribution in [2.45, 2.75) is 26.8 Å². The lowest BCUT2D eigenvalue weighted by atomic mass is 10.1. The first kappa shape index (κ1) is 11.1. The van der Waals surface area contributed by atoms with Gasteiger partial charge in [-0.05, 0) is 44.5 Å². The molecule has 2 N–H and O–H groups in total. The molecule has 1 aromatic heterocycles. The molecule has 0 radical (unpaired) electrons. The number of nitrogens with two attached hydrogens (primary N) is 1. The number of nitrogen functional groups attached to an aromatic ring is 1. The predicted molar refractivity (Wildman–Crippen MR) is 79.0 cm³/mol. The van der Waals surface area contributed by atoms with Crippen molar-refractivity contribution in [1.29, 1.82) is 0 Å². The van der Waals surface area contributed by atoms with Crippen molar-refractivity contribution in [1.82, 2.24) is 4.57 Å². The molecule has 0 aliphatic rings. The number of rotatable bonds is 1. The quantitative estimate of drug-likeness (QED) is 0.631. The molecule has 0 atom stereocenters. The lowest BCUT2D eigenvalue weighted by Crippen LogP contribution is -2.00. The molecule has 1 heterocycles. The van der Waals surface area contributed by atoms with Crippen LogP contribution in [-0.4, -0.2) is 4.57 Å². The molecule has 0 saturated carbocycles. The fourth-order valence-electron chi connectivity index (χ4n) is 2.84. The van der Waals surface area contributed by atoms with Gasteiger partial charge in [0, 0.05) is 33.5 Å². The molecule has 3 rings (SSSR count). The molecule has 18 heavy (non-hydrogen) atoms. The second-order valence-corrected chi connectivity index (χ2v) is 5.15. The Kier molecular flexibility index (Phi) is 2.34. The van der Waals surface area contributed by atoms with Crippen LogP contribution in [0.15, 0.2) is 36.4 Å². The van der Waals surface area contributed by atoms with Crippen LogP contribution in [0, 0.1) is 6.92 Å². The van der Waals surface area contributed by atoms with Crippen molar-refractivity contribution in [2.24, 2.45) is 0 Å². The molecule has 0 saturated heterocycles. The molecule has 2 heteroatoms. The summed E-state index contributed by atoms with van der Waals surface area (Å²) in [6, 6.07) is 13.1. The predicted octanol–water partition coefficient (Wildman–Crippen LogP) is 4.27. The van der Waals surface area contributed by atoms with Crippen molar-refractivity contribution in [3.63, 3.8) is 0 Å². The summed E-state index contributed by atoms with van der Waals surface area (Å²) in [6.45, 7) is 6.55. The minimum atomic E-state index is 0.440. The average Bonchev–Trinajstić information content (AvgIpc) is 2.68. The monoisotopic (exact) mass is 238 g/mol. The highest BCUT2D eigenvalue weighted by molar-refractivity contribution is 6.11. The minimum Gasteiger partial charge on any atom is -0.398 e. The fraction of sp³-hybridized carbons (Fsp3) is 0.250. The summed E-state index contributed by atoms with van der Waals surface area (Å²) in [5, 5.41) is 2.59. The fourth-order valence-corrected chi connectivity index (χ4v) is 2.84. The topological polar surface area (TPSA) is 30.9 Å². The maximum atomic E-state index is 6.05. The van der Waals surface area contributed by atoms with E-state index in [0.717, 1.165) is 5.69 Å². The van der Waals surface area contributed by atoms with Gasteiger partial charge in [0.15, 0.2) is 0 Å². The van der Waals surface area contributed by atoms with Gasteiger partial charge < -0.3 is 10.3 Å². The maximum absolute atomic E-state index is 6.05. The average molecular weight is 238 g/mol. The van der Waals surface area contributed by atoms with Gasteiger partial charge in [-0.25, -0.2) is 0 Å². The van der Waals surface area contributed by atoms with Gasteiger partial charge in [-0.2, -0.15) is 0 Å². The van der Waals surface area contributed by atoms with Crippen LogP contribution in [0.2, 0.25) is 0 Å². The molecular weight excluding hydrogens is 220 g/mol. The van der Waals surface area contributed by atoms with E-state index < -0.39 is 0 Å². The molecule has 0 unspecified atom stereocenters. The summed E-state index contributed by atoms with van der Waals surface area (Å²) in [4.78, 5) is 0. The highest BCUT2D eigenvalue weighted by Crippen LogP contribution is 2.35. The lowest BCUT2D eigenvalue weighted by Gasteiger charge is -2.11. The van der Waals surface area contributed by atoms with Crippen LogP contribution in [0.25, 0.3) is 21.8 Å². The summed E-state index contributed by atoms with van der Waals surface area (Å²) in [6.07, 6.45) is 0. The van der Waals surface area contributed by atoms with E-state index in [1.807, 2.05) is 6.07 Å². The Morgan fingerprint density at radius 2 is 1.72 bits per heavy atom. The van der Waals surface area contributed by atoms with Crippen molar-refractivity contribution < 1.29 is 0 Å². The molecule has 0 fully saturated rings. The summed E-state index contributed by atoms with van der Waals surface area (Å²) in [7, 11) is 0. The van der Waals surface area contributed by atoms with Crippen LogP contribution < -0.4 is 5.73 Å². The first-order valence-corrected chi connectivity index (χ1v) is 6.39. The molecule has 3 aromatic rings. The molecular formula is C16H18N2. The number of anilines is 1. The van der Waals surface area contributed by atoms with E-state index in [0.29, 0.717) is 6.04 Å². The van der Waals surface area contributed by atoms with Gasteiger partial charge in [0.2, 0.25) is 0 Å². The minimum absolute atomic E-state index is 0.440. The van der Waals surface area contributed by atoms with Crippen LogP contribution >= 0.6 is 0 Å². The van der Waals surface area contributed by atoms with Crippen molar-refractivity contribution in [3.05, 3.63) is 42.0 Å². The molecule has 0 amide bonds. The smallest absolute Gasteiger partial charge is 0.0498 e. The first-order chi connectivity index (χ1) is 8.61. The number of nitrogens with zero attached hydrogens (tertiary/aromatic N) is 1. The zero-order chi connectivity index (χ0) is 12.9. The molecule has 0 aliphatic heterocycles. The van der Waals surface area contributed by atoms with Crippen LogP contribution in [0.1, 0.15) is 25.5 Å². The summed E-state index contributed by atoms with van der Waals surface area (Å²) < 4.78 is 2.39. The second kappa shape index (κ2) is 3.77. The van der Waals surface area contributed by atoms with E-state index in [-0.39, 0.29) is 0 Å². The van der Waals surface area contributed by atoms with Crippen LogP contribution in [0.5, 0.6) is 0 Å². The molecule has 2 aromatic carbocycles. The van der Waals surface area contributed by atoms with Gasteiger partial charge >= 0.3 is 0 Å². The number of aryl methyl sites for hydroxylation is 1. The van der Waals surface area contributed by atoms with Gasteiger partial charge in [0.1, 0.15) is 0 Å². The maximum Gasteiger partial charge on any atom is 0.0498 e. The van der Waals surface area contributed by atoms with E-state index >= 15 is 0 Å². The third-order valence-electron chi connectivity index (χ3n) is 3.69. The van der Waals surface area contributed by atoms with Gasteiger partial charge in [0.05, 0.1) is 0 Å². The number of aromatic nitrogens is 1. The van der Waals surface area contributed by atoms with Gasteiger partial charge in [-0.1, -0.05) is 18.2 Å². The summed E-state index contributed by atoms with van der Waals surface area (Å²) in [5.41, 5.74) is 10.7. The Labute approximate surface area is 107 Å². The highest BCUT2D eigenvalue weighted by atomic mass is 15.0. The Balaban J connectivity index is 2.62. The van der Waals surface area contributed by atoms with E-state index in [1.54, 1.807) is 0 Å². The van der Waals surface area contributed by atoms with Gasteiger partial charge in [-0.3, -0.25) is 0 Å². The zero-order valence-electron chi connectivity index (χ0n) is 11.1.